The first-order chi connectivity index (χ1) is 9.24. The Bertz CT molecular complexity index is 652. The Morgan fingerprint density at radius 3 is 2.79 bits per heavy atom. The molecule has 0 saturated heterocycles. The first-order valence-corrected chi connectivity index (χ1v) is 6.79. The molecule has 0 amide bonds. The lowest BCUT2D eigenvalue weighted by Gasteiger charge is -2.10. The van der Waals surface area contributed by atoms with Crippen LogP contribution in [0, 0.1) is 0 Å². The van der Waals surface area contributed by atoms with Crippen LogP contribution in [0.25, 0.3) is 10.9 Å². The van der Waals surface area contributed by atoms with Crippen LogP contribution in [-0.2, 0) is 11.8 Å². The maximum absolute atomic E-state index is 11.6. The number of rotatable bonds is 2. The zero-order valence-corrected chi connectivity index (χ0v) is 11.1. The predicted octanol–water partition coefficient (Wildman–Crippen LogP) is 3.62. The first kappa shape index (κ1) is 12.0. The van der Waals surface area contributed by atoms with Crippen molar-refractivity contribution in [2.75, 3.05) is 5.32 Å². The van der Waals surface area contributed by atoms with E-state index in [4.69, 9.17) is 0 Å². The highest BCUT2D eigenvalue weighted by Crippen LogP contribution is 2.25. The number of fused-ring (bicyclic) bond motifs is 1. The minimum atomic E-state index is 0.235. The minimum absolute atomic E-state index is 0.235. The van der Waals surface area contributed by atoms with E-state index in [-0.39, 0.29) is 5.78 Å². The van der Waals surface area contributed by atoms with Gasteiger partial charge in [-0.15, -0.1) is 0 Å². The molecule has 0 bridgehead atoms. The number of carbonyl (C=O) groups excluding carboxylic acids is 1. The first-order valence-electron chi connectivity index (χ1n) is 6.79. The third kappa shape index (κ3) is 2.41. The quantitative estimate of drug-likeness (QED) is 0.888. The van der Waals surface area contributed by atoms with Crippen LogP contribution in [0.4, 0.5) is 5.82 Å². The molecule has 1 aromatic carbocycles. The average molecular weight is 254 g/mol. The van der Waals surface area contributed by atoms with Gasteiger partial charge in [0.2, 0.25) is 0 Å². The summed E-state index contributed by atoms with van der Waals surface area (Å²) in [4.78, 5) is 11.6. The van der Waals surface area contributed by atoms with Crippen LogP contribution in [0.15, 0.2) is 42.1 Å². The highest BCUT2D eigenvalue weighted by Gasteiger charge is 2.11. The SMILES string of the molecule is Cn1c(NC2=CC(=O)CCCC2)cc2ccccc21. The van der Waals surface area contributed by atoms with Crippen molar-refractivity contribution >= 4 is 22.5 Å². The number of nitrogens with zero attached hydrogens (tertiary/aromatic N) is 1. The van der Waals surface area contributed by atoms with Crippen molar-refractivity contribution in [3.05, 3.63) is 42.1 Å². The molecule has 0 unspecified atom stereocenters. The molecule has 98 valence electrons. The summed E-state index contributed by atoms with van der Waals surface area (Å²) in [5.41, 5.74) is 2.24. The molecule has 0 saturated carbocycles. The van der Waals surface area contributed by atoms with Gasteiger partial charge in [-0.2, -0.15) is 0 Å². The number of aryl methyl sites for hydroxylation is 1. The van der Waals surface area contributed by atoms with Crippen molar-refractivity contribution in [3.63, 3.8) is 0 Å². The lowest BCUT2D eigenvalue weighted by Crippen LogP contribution is -2.04. The van der Waals surface area contributed by atoms with E-state index in [1.807, 2.05) is 19.2 Å². The van der Waals surface area contributed by atoms with Crippen LogP contribution in [0.1, 0.15) is 25.7 Å². The lowest BCUT2D eigenvalue weighted by molar-refractivity contribution is -0.114. The Morgan fingerprint density at radius 2 is 1.95 bits per heavy atom. The maximum atomic E-state index is 11.6. The highest BCUT2D eigenvalue weighted by atomic mass is 16.1. The van der Waals surface area contributed by atoms with E-state index in [9.17, 15) is 4.79 Å². The average Bonchev–Trinajstić information content (AvgIpc) is 2.58. The number of para-hydroxylation sites is 1. The van der Waals surface area contributed by atoms with Crippen LogP contribution in [0.5, 0.6) is 0 Å². The number of hydrogen-bond acceptors (Lipinski definition) is 2. The molecular formula is C16H18N2O. The third-order valence-corrected chi connectivity index (χ3v) is 3.69. The van der Waals surface area contributed by atoms with Crippen molar-refractivity contribution in [3.8, 4) is 0 Å². The number of aromatic nitrogens is 1. The lowest BCUT2D eigenvalue weighted by atomic mass is 10.2. The molecule has 2 aromatic rings. The molecule has 1 aliphatic carbocycles. The van der Waals surface area contributed by atoms with Crippen LogP contribution < -0.4 is 5.32 Å². The van der Waals surface area contributed by atoms with Gasteiger partial charge < -0.3 is 9.88 Å². The third-order valence-electron chi connectivity index (χ3n) is 3.69. The second-order valence-corrected chi connectivity index (χ2v) is 5.12. The molecule has 1 N–H and O–H groups in total. The van der Waals surface area contributed by atoms with E-state index in [1.165, 1.54) is 10.9 Å². The number of carbonyl (C=O) groups is 1. The molecule has 19 heavy (non-hydrogen) atoms. The molecule has 1 aliphatic rings. The summed E-state index contributed by atoms with van der Waals surface area (Å²) in [6, 6.07) is 10.4. The molecule has 3 heteroatoms. The summed E-state index contributed by atoms with van der Waals surface area (Å²) < 4.78 is 2.13. The summed E-state index contributed by atoms with van der Waals surface area (Å²) in [7, 11) is 2.05. The van der Waals surface area contributed by atoms with Gasteiger partial charge in [0.15, 0.2) is 5.78 Å². The van der Waals surface area contributed by atoms with Gasteiger partial charge in [-0.25, -0.2) is 0 Å². The Morgan fingerprint density at radius 1 is 1.16 bits per heavy atom. The summed E-state index contributed by atoms with van der Waals surface area (Å²) in [6.45, 7) is 0. The number of benzene rings is 1. The Kier molecular flexibility index (Phi) is 3.11. The van der Waals surface area contributed by atoms with E-state index < -0.39 is 0 Å². The fraction of sp³-hybridized carbons (Fsp3) is 0.312. The van der Waals surface area contributed by atoms with Gasteiger partial charge in [-0.1, -0.05) is 18.2 Å². The fourth-order valence-corrected chi connectivity index (χ4v) is 2.63. The summed E-state index contributed by atoms with van der Waals surface area (Å²) in [6.07, 6.45) is 5.47. The number of hydrogen-bond donors (Lipinski definition) is 1. The molecule has 1 heterocycles. The fourth-order valence-electron chi connectivity index (χ4n) is 2.63. The van der Waals surface area contributed by atoms with E-state index in [2.05, 4.69) is 28.1 Å². The van der Waals surface area contributed by atoms with E-state index in [0.29, 0.717) is 6.42 Å². The number of allylic oxidation sites excluding steroid dienone is 2. The standard InChI is InChI=1S/C16H18N2O/c1-18-15-9-5-2-6-12(15)10-16(18)17-13-7-3-4-8-14(19)11-13/h2,5-6,9-11,17H,3-4,7-8H2,1H3. The predicted molar refractivity (Wildman–Crippen MR) is 78.1 cm³/mol. The number of anilines is 1. The van der Waals surface area contributed by atoms with Crippen LogP contribution in [0.3, 0.4) is 0 Å². The van der Waals surface area contributed by atoms with Crippen molar-refractivity contribution < 1.29 is 4.79 Å². The number of ketones is 1. The van der Waals surface area contributed by atoms with Gasteiger partial charge in [-0.05, 0) is 31.4 Å². The molecular weight excluding hydrogens is 236 g/mol. The zero-order chi connectivity index (χ0) is 13.2. The van der Waals surface area contributed by atoms with E-state index in [0.717, 1.165) is 30.8 Å². The molecule has 3 nitrogen and oxygen atoms in total. The maximum Gasteiger partial charge on any atom is 0.157 e. The highest BCUT2D eigenvalue weighted by molar-refractivity contribution is 5.91. The van der Waals surface area contributed by atoms with Gasteiger partial charge in [0.05, 0.1) is 0 Å². The zero-order valence-electron chi connectivity index (χ0n) is 11.1. The summed E-state index contributed by atoms with van der Waals surface area (Å²) in [5.74, 6) is 1.28. The van der Waals surface area contributed by atoms with Gasteiger partial charge in [0.25, 0.3) is 0 Å². The second kappa shape index (κ2) is 4.92. The monoisotopic (exact) mass is 254 g/mol. The molecule has 1 aromatic heterocycles. The summed E-state index contributed by atoms with van der Waals surface area (Å²) >= 11 is 0. The minimum Gasteiger partial charge on any atom is -0.345 e. The second-order valence-electron chi connectivity index (χ2n) is 5.12. The van der Waals surface area contributed by atoms with Crippen LogP contribution >= 0.6 is 0 Å². The molecule has 0 radical (unpaired) electrons. The Hall–Kier alpha value is -2.03. The van der Waals surface area contributed by atoms with Gasteiger partial charge in [0, 0.05) is 36.1 Å². The molecule has 0 fully saturated rings. The number of nitrogens with one attached hydrogen (secondary N) is 1. The van der Waals surface area contributed by atoms with Crippen LogP contribution in [-0.4, -0.2) is 10.4 Å². The van der Waals surface area contributed by atoms with Gasteiger partial charge in [0.1, 0.15) is 5.82 Å². The largest absolute Gasteiger partial charge is 0.345 e. The van der Waals surface area contributed by atoms with Crippen LogP contribution in [0.2, 0.25) is 0 Å². The van der Waals surface area contributed by atoms with Crippen molar-refractivity contribution in [1.29, 1.82) is 0 Å². The molecule has 0 atom stereocenters. The van der Waals surface area contributed by atoms with E-state index in [1.54, 1.807) is 6.08 Å². The Balaban J connectivity index is 1.92. The molecule has 3 rings (SSSR count). The van der Waals surface area contributed by atoms with Gasteiger partial charge >= 0.3 is 0 Å². The topological polar surface area (TPSA) is 34.0 Å². The van der Waals surface area contributed by atoms with Gasteiger partial charge in [-0.3, -0.25) is 4.79 Å². The molecule has 0 aliphatic heterocycles. The van der Waals surface area contributed by atoms with E-state index >= 15 is 0 Å². The Labute approximate surface area is 112 Å². The smallest absolute Gasteiger partial charge is 0.157 e. The normalized spacial score (nSPS) is 16.3. The van der Waals surface area contributed by atoms with Crippen molar-refractivity contribution in [2.45, 2.75) is 25.7 Å². The van der Waals surface area contributed by atoms with Crippen molar-refractivity contribution in [2.24, 2.45) is 7.05 Å². The van der Waals surface area contributed by atoms with Crippen molar-refractivity contribution in [1.82, 2.24) is 4.57 Å². The summed E-state index contributed by atoms with van der Waals surface area (Å²) in [5, 5.41) is 4.63. The molecule has 0 spiro atoms.